The largest absolute Gasteiger partial charge is 0.472 e. The number of hydrogen-bond donors (Lipinski definition) is 3. The monoisotopic (exact) mass is 1380 g/mol. The van der Waals surface area contributed by atoms with Crippen molar-refractivity contribution >= 4 is 39.5 Å². The molecule has 0 radical (unpaired) electrons. The Bertz CT molecular complexity index is 1820. The molecule has 0 aliphatic rings. The van der Waals surface area contributed by atoms with Gasteiger partial charge in [0.2, 0.25) is 0 Å². The third kappa shape index (κ3) is 68.6. The smallest absolute Gasteiger partial charge is 0.462 e. The van der Waals surface area contributed by atoms with E-state index in [-0.39, 0.29) is 25.7 Å². The highest BCUT2D eigenvalue weighted by molar-refractivity contribution is 7.47. The third-order valence-corrected chi connectivity index (χ3v) is 19.4. The molecular formula is C75H146O17P2. The number of phosphoric acid groups is 2. The minimum atomic E-state index is -4.96. The van der Waals surface area contributed by atoms with Crippen LogP contribution in [0.3, 0.4) is 0 Å². The molecule has 0 aliphatic heterocycles. The first kappa shape index (κ1) is 92.1. The van der Waals surface area contributed by atoms with Crippen LogP contribution in [0.1, 0.15) is 388 Å². The predicted molar refractivity (Wildman–Crippen MR) is 381 cm³/mol. The van der Waals surface area contributed by atoms with Crippen LogP contribution in [0, 0.1) is 11.8 Å². The molecule has 0 aliphatic carbocycles. The van der Waals surface area contributed by atoms with E-state index in [2.05, 4.69) is 41.5 Å². The van der Waals surface area contributed by atoms with E-state index in [1.807, 2.05) is 0 Å². The molecule has 0 bridgehead atoms. The van der Waals surface area contributed by atoms with Gasteiger partial charge in [0.05, 0.1) is 26.4 Å². The fourth-order valence-electron chi connectivity index (χ4n) is 11.5. The SMILES string of the molecule is CCCCCCCCCCCCCCCCCC(=O)OC[C@H](COP(=O)(O)OC[C@@H](O)COP(=O)(O)OC[C@@H](COC(=O)CCCCCCCCCC(C)C)OC(=O)CCCCCCCCCCCCCC)OC(=O)CCCCCCCCCCCCCCCCC(C)C. The molecule has 0 rings (SSSR count). The van der Waals surface area contributed by atoms with E-state index in [1.54, 1.807) is 0 Å². The summed E-state index contributed by atoms with van der Waals surface area (Å²) in [6.07, 6.45) is 54.1. The second kappa shape index (κ2) is 66.9. The van der Waals surface area contributed by atoms with Crippen molar-refractivity contribution in [3.05, 3.63) is 0 Å². The first-order valence-corrected chi connectivity index (χ1v) is 42.0. The van der Waals surface area contributed by atoms with Crippen LogP contribution in [-0.2, 0) is 65.4 Å². The summed E-state index contributed by atoms with van der Waals surface area (Å²) in [6, 6.07) is 0. The number of hydrogen-bond acceptors (Lipinski definition) is 15. The first-order valence-electron chi connectivity index (χ1n) is 39.0. The van der Waals surface area contributed by atoms with Crippen LogP contribution >= 0.6 is 15.6 Å². The lowest BCUT2D eigenvalue weighted by atomic mass is 10.0. The summed E-state index contributed by atoms with van der Waals surface area (Å²) in [5, 5.41) is 10.6. The molecular weight excluding hydrogens is 1230 g/mol. The third-order valence-electron chi connectivity index (χ3n) is 17.5. The van der Waals surface area contributed by atoms with Gasteiger partial charge in [-0.1, -0.05) is 337 Å². The molecule has 19 heteroatoms. The summed E-state index contributed by atoms with van der Waals surface area (Å²) in [4.78, 5) is 72.8. The van der Waals surface area contributed by atoms with E-state index in [0.717, 1.165) is 102 Å². The average Bonchev–Trinajstić information content (AvgIpc) is 1.95. The molecule has 94 heavy (non-hydrogen) atoms. The van der Waals surface area contributed by atoms with E-state index < -0.39 is 97.5 Å². The summed E-state index contributed by atoms with van der Waals surface area (Å²) in [5.74, 6) is -0.615. The van der Waals surface area contributed by atoms with Crippen molar-refractivity contribution in [3.8, 4) is 0 Å². The maximum absolute atomic E-state index is 13.1. The molecule has 0 saturated heterocycles. The van der Waals surface area contributed by atoms with E-state index >= 15 is 0 Å². The first-order chi connectivity index (χ1) is 45.4. The quantitative estimate of drug-likeness (QED) is 0.0222. The number of carbonyl (C=O) groups excluding carboxylic acids is 4. The van der Waals surface area contributed by atoms with Crippen LogP contribution in [0.25, 0.3) is 0 Å². The lowest BCUT2D eigenvalue weighted by Gasteiger charge is -2.21. The minimum Gasteiger partial charge on any atom is -0.462 e. The fourth-order valence-corrected chi connectivity index (χ4v) is 13.1. The zero-order valence-electron chi connectivity index (χ0n) is 61.3. The van der Waals surface area contributed by atoms with Crippen LogP contribution in [0.4, 0.5) is 0 Å². The molecule has 0 fully saturated rings. The summed E-state index contributed by atoms with van der Waals surface area (Å²) in [7, 11) is -9.91. The number of rotatable bonds is 74. The van der Waals surface area contributed by atoms with E-state index in [4.69, 9.17) is 37.0 Å². The molecule has 0 aromatic carbocycles. The Kier molecular flexibility index (Phi) is 65.5. The van der Waals surface area contributed by atoms with Crippen molar-refractivity contribution < 1.29 is 80.2 Å². The molecule has 0 heterocycles. The van der Waals surface area contributed by atoms with Crippen molar-refractivity contribution in [2.45, 2.75) is 407 Å². The lowest BCUT2D eigenvalue weighted by Crippen LogP contribution is -2.30. The highest BCUT2D eigenvalue weighted by Gasteiger charge is 2.30. The fraction of sp³-hybridized carbons (Fsp3) is 0.947. The molecule has 0 amide bonds. The second-order valence-corrected chi connectivity index (χ2v) is 30.9. The van der Waals surface area contributed by atoms with Crippen LogP contribution in [0.2, 0.25) is 0 Å². The number of carbonyl (C=O) groups is 4. The Hall–Kier alpha value is -1.94. The Morgan fingerprint density at radius 2 is 0.489 bits per heavy atom. The number of esters is 4. The molecule has 558 valence electrons. The summed E-state index contributed by atoms with van der Waals surface area (Å²) < 4.78 is 68.5. The van der Waals surface area contributed by atoms with Gasteiger partial charge in [-0.05, 0) is 37.5 Å². The number of aliphatic hydroxyl groups is 1. The highest BCUT2D eigenvalue weighted by atomic mass is 31.2. The standard InChI is InChI=1S/C75H146O17P2/c1-7-9-11-13-15-17-19-21-22-26-30-33-39-45-51-57-72(77)85-63-70(91-75(80)60-54-48-41-35-31-27-24-23-25-28-32-37-43-49-55-67(3)4)65-89-93(81,82)87-61-69(76)62-88-94(83,84)90-66-71(64-86-73(78)58-52-46-42-36-38-44-50-56-68(5)6)92-74(79)59-53-47-40-34-29-20-18-16-14-12-10-8-2/h67-71,76H,7-66H2,1-6H3,(H,81,82)(H,83,84)/t69-,70-,71-/m1/s1. The number of aliphatic hydroxyl groups excluding tert-OH is 1. The van der Waals surface area contributed by atoms with Crippen molar-refractivity contribution in [3.63, 3.8) is 0 Å². The molecule has 5 atom stereocenters. The van der Waals surface area contributed by atoms with Crippen LogP contribution in [-0.4, -0.2) is 96.7 Å². The molecule has 0 saturated carbocycles. The average molecular weight is 1380 g/mol. The van der Waals surface area contributed by atoms with Crippen molar-refractivity contribution in [2.75, 3.05) is 39.6 Å². The van der Waals surface area contributed by atoms with Gasteiger partial charge in [0.1, 0.15) is 19.3 Å². The van der Waals surface area contributed by atoms with Crippen LogP contribution in [0.15, 0.2) is 0 Å². The van der Waals surface area contributed by atoms with Gasteiger partial charge >= 0.3 is 39.5 Å². The normalized spacial score (nSPS) is 14.0. The second-order valence-electron chi connectivity index (χ2n) is 28.0. The van der Waals surface area contributed by atoms with Crippen LogP contribution in [0.5, 0.6) is 0 Å². The molecule has 0 spiro atoms. The maximum atomic E-state index is 13.1. The van der Waals surface area contributed by atoms with Gasteiger partial charge in [0.25, 0.3) is 0 Å². The van der Waals surface area contributed by atoms with Crippen molar-refractivity contribution in [2.24, 2.45) is 11.8 Å². The van der Waals surface area contributed by atoms with Crippen molar-refractivity contribution in [1.29, 1.82) is 0 Å². The van der Waals surface area contributed by atoms with Gasteiger partial charge in [-0.25, -0.2) is 9.13 Å². The Morgan fingerprint density at radius 3 is 0.723 bits per heavy atom. The highest BCUT2D eigenvalue weighted by Crippen LogP contribution is 2.45. The summed E-state index contributed by atoms with van der Waals surface area (Å²) in [5.41, 5.74) is 0. The van der Waals surface area contributed by atoms with E-state index in [9.17, 15) is 43.2 Å². The van der Waals surface area contributed by atoms with Gasteiger partial charge < -0.3 is 33.8 Å². The van der Waals surface area contributed by atoms with Crippen molar-refractivity contribution in [1.82, 2.24) is 0 Å². The van der Waals surface area contributed by atoms with Gasteiger partial charge in [0.15, 0.2) is 12.2 Å². The maximum Gasteiger partial charge on any atom is 0.472 e. The van der Waals surface area contributed by atoms with Gasteiger partial charge in [-0.15, -0.1) is 0 Å². The number of ether oxygens (including phenoxy) is 4. The van der Waals surface area contributed by atoms with Gasteiger partial charge in [-0.3, -0.25) is 37.3 Å². The Morgan fingerprint density at radius 1 is 0.287 bits per heavy atom. The zero-order valence-corrected chi connectivity index (χ0v) is 63.1. The molecule has 0 aromatic heterocycles. The van der Waals surface area contributed by atoms with E-state index in [0.29, 0.717) is 31.6 Å². The Balaban J connectivity index is 5.24. The van der Waals surface area contributed by atoms with Gasteiger partial charge in [-0.2, -0.15) is 0 Å². The summed E-state index contributed by atoms with van der Waals surface area (Å²) in [6.45, 7) is 9.56. The molecule has 17 nitrogen and oxygen atoms in total. The topological polar surface area (TPSA) is 237 Å². The molecule has 0 aromatic rings. The lowest BCUT2D eigenvalue weighted by molar-refractivity contribution is -0.161. The minimum absolute atomic E-state index is 0.107. The van der Waals surface area contributed by atoms with Gasteiger partial charge in [0, 0.05) is 25.7 Å². The number of unbranched alkanes of at least 4 members (excludes halogenated alkanes) is 44. The zero-order chi connectivity index (χ0) is 69.3. The predicted octanol–water partition coefficient (Wildman–Crippen LogP) is 21.9. The number of phosphoric ester groups is 2. The summed E-state index contributed by atoms with van der Waals surface area (Å²) >= 11 is 0. The van der Waals surface area contributed by atoms with E-state index in [1.165, 1.54) is 199 Å². The molecule has 2 unspecified atom stereocenters. The van der Waals surface area contributed by atoms with Crippen LogP contribution < -0.4 is 0 Å². The molecule has 3 N–H and O–H groups in total. The Labute approximate surface area is 575 Å².